The minimum atomic E-state index is -4.00. The van der Waals surface area contributed by atoms with Crippen LogP contribution in [0.3, 0.4) is 0 Å². The summed E-state index contributed by atoms with van der Waals surface area (Å²) in [6.07, 6.45) is 4.53. The molecule has 0 spiro atoms. The van der Waals surface area contributed by atoms with Crippen molar-refractivity contribution in [2.45, 2.75) is 85.4 Å². The quantitative estimate of drug-likeness (QED) is 0.172. The molecule has 0 bridgehead atoms. The highest BCUT2D eigenvalue weighted by Gasteiger charge is 2.32. The van der Waals surface area contributed by atoms with E-state index in [1.54, 1.807) is 20.0 Å². The number of benzene rings is 1. The molecule has 0 fully saturated rings. The van der Waals surface area contributed by atoms with Gasteiger partial charge in [-0.25, -0.2) is 8.78 Å². The molecule has 14 heteroatoms. The van der Waals surface area contributed by atoms with Gasteiger partial charge in [0.15, 0.2) is 0 Å². The molecule has 270 valence electrons. The zero-order chi connectivity index (χ0) is 36.7. The number of hydrogen-bond acceptors (Lipinski definition) is 7. The smallest absolute Gasteiger partial charge is 0.372 e. The lowest BCUT2D eigenvalue weighted by Crippen LogP contribution is -2.27. The molecule has 0 aliphatic carbocycles. The highest BCUT2D eigenvalue weighted by molar-refractivity contribution is 5.67. The molecule has 0 amide bonds. The molecule has 2 aliphatic rings. The minimum Gasteiger partial charge on any atom is -0.372 e. The van der Waals surface area contributed by atoms with Gasteiger partial charge in [0.05, 0.1) is 33.5 Å². The molecule has 0 saturated carbocycles. The number of hydrogen-bond donors (Lipinski definition) is 0. The molecule has 3 aromatic rings. The number of aromatic nitrogens is 5. The highest BCUT2D eigenvalue weighted by Crippen LogP contribution is 2.43. The molecule has 49 heavy (non-hydrogen) atoms. The standard InChI is InChI=1S/C22H27N7O.C10H14F2.C2H3F3.CH3F/c1-15-19-14-30-13-17(19)10-18-20(27(2)22-24-26-28(3)25-22)7-5-9-29(21(15)18)12-16-6-4-8-23-11-16;1-4-8(2)7-9(3)5-6-10(11)12;1-2(3,4)5;1-2/h4,6,8,10-11,20H,5,7,9,12-14H2,1-3H3;4-5,7,10H,1,6H2,2-3H3;1H3;1H3/b;8-7-,9-5-;;. The number of ether oxygens (including phenoxy) is 1. The molecule has 8 nitrogen and oxygen atoms in total. The van der Waals surface area contributed by atoms with Crippen molar-refractivity contribution >= 4 is 11.6 Å². The molecule has 4 heterocycles. The third-order valence-corrected chi connectivity index (χ3v) is 7.66. The molecule has 0 radical (unpaired) electrons. The summed E-state index contributed by atoms with van der Waals surface area (Å²) in [7, 11) is 4.37. The molecule has 1 unspecified atom stereocenters. The van der Waals surface area contributed by atoms with E-state index in [0.29, 0.717) is 26.3 Å². The molecule has 0 saturated heterocycles. The number of halogens is 6. The van der Waals surface area contributed by atoms with Gasteiger partial charge >= 0.3 is 6.18 Å². The van der Waals surface area contributed by atoms with E-state index in [0.717, 1.165) is 37.1 Å². The first kappa shape index (κ1) is 41.0. The van der Waals surface area contributed by atoms with Crippen molar-refractivity contribution in [3.8, 4) is 0 Å². The molecular weight excluding hydrogens is 648 g/mol. The van der Waals surface area contributed by atoms with Crippen LogP contribution < -0.4 is 9.80 Å². The van der Waals surface area contributed by atoms with Gasteiger partial charge in [-0.05, 0) is 78.8 Å². The number of tetrazole rings is 1. The van der Waals surface area contributed by atoms with Gasteiger partial charge in [0, 0.05) is 51.6 Å². The van der Waals surface area contributed by atoms with E-state index in [1.165, 1.54) is 44.4 Å². The van der Waals surface area contributed by atoms with Crippen LogP contribution >= 0.6 is 0 Å². The average Bonchev–Trinajstić information content (AvgIpc) is 3.67. The van der Waals surface area contributed by atoms with Gasteiger partial charge in [0.25, 0.3) is 5.95 Å². The van der Waals surface area contributed by atoms with Gasteiger partial charge in [0.1, 0.15) is 0 Å². The normalized spacial score (nSPS) is 15.8. The van der Waals surface area contributed by atoms with Crippen LogP contribution in [0, 0.1) is 6.92 Å². The monoisotopic (exact) mass is 695 g/mol. The lowest BCUT2D eigenvalue weighted by molar-refractivity contribution is -0.110. The second kappa shape index (κ2) is 19.7. The fourth-order valence-electron chi connectivity index (χ4n) is 5.53. The van der Waals surface area contributed by atoms with Crippen molar-refractivity contribution in [1.82, 2.24) is 25.2 Å². The maximum Gasteiger partial charge on any atom is 0.386 e. The first-order valence-electron chi connectivity index (χ1n) is 15.7. The SMILES string of the molecule is C=C/C(C)=C\C(C)=C/CC(F)F.CC(F)(F)F.CF.Cc1c2c(cc3c1N(Cc1cccnc1)CCCC3N(C)c1nnn(C)n1)COC2. The van der Waals surface area contributed by atoms with Crippen LogP contribution in [0.5, 0.6) is 0 Å². The summed E-state index contributed by atoms with van der Waals surface area (Å²) >= 11 is 0. The topological polar surface area (TPSA) is 72.2 Å². The van der Waals surface area contributed by atoms with E-state index >= 15 is 0 Å². The Balaban J connectivity index is 0.000000366. The Morgan fingerprint density at radius 2 is 1.88 bits per heavy atom. The molecule has 2 aliphatic heterocycles. The zero-order valence-electron chi connectivity index (χ0n) is 29.2. The van der Waals surface area contributed by atoms with E-state index in [9.17, 15) is 26.3 Å². The van der Waals surface area contributed by atoms with Gasteiger partial charge in [0.2, 0.25) is 6.43 Å². The predicted octanol–water partition coefficient (Wildman–Crippen LogP) is 8.80. The van der Waals surface area contributed by atoms with E-state index in [1.807, 2.05) is 31.5 Å². The van der Waals surface area contributed by atoms with Crippen molar-refractivity contribution in [2.75, 3.05) is 30.6 Å². The lowest BCUT2D eigenvalue weighted by Gasteiger charge is -2.31. The summed E-state index contributed by atoms with van der Waals surface area (Å²) in [5, 5.41) is 12.7. The van der Waals surface area contributed by atoms with Gasteiger partial charge in [-0.15, -0.1) is 5.10 Å². The number of allylic oxidation sites excluding steroid dienone is 5. The van der Waals surface area contributed by atoms with Crippen molar-refractivity contribution in [1.29, 1.82) is 0 Å². The fourth-order valence-corrected chi connectivity index (χ4v) is 5.53. The molecule has 5 rings (SSSR count). The number of pyridine rings is 1. The van der Waals surface area contributed by atoms with E-state index < -0.39 is 12.6 Å². The lowest BCUT2D eigenvalue weighted by atomic mass is 9.92. The van der Waals surface area contributed by atoms with E-state index in [4.69, 9.17) is 4.74 Å². The van der Waals surface area contributed by atoms with Crippen LogP contribution in [-0.4, -0.2) is 58.6 Å². The van der Waals surface area contributed by atoms with Gasteiger partial charge < -0.3 is 14.5 Å². The fraction of sp³-hybridized carbons (Fsp3) is 0.486. The maximum absolute atomic E-state index is 11.7. The molecule has 1 atom stereocenters. The number of fused-ring (bicyclic) bond motifs is 2. The molecule has 2 aromatic heterocycles. The Labute approximate surface area is 285 Å². The predicted molar refractivity (Wildman–Crippen MR) is 181 cm³/mol. The van der Waals surface area contributed by atoms with Crippen LogP contribution in [0.4, 0.5) is 38.0 Å². The Morgan fingerprint density at radius 1 is 1.18 bits per heavy atom. The van der Waals surface area contributed by atoms with Crippen molar-refractivity contribution in [3.05, 3.63) is 94.4 Å². The Hall–Kier alpha value is -4.20. The summed E-state index contributed by atoms with van der Waals surface area (Å²) in [6, 6.07) is 6.70. The third-order valence-electron chi connectivity index (χ3n) is 7.66. The summed E-state index contributed by atoms with van der Waals surface area (Å²) in [5.41, 5.74) is 9.68. The summed E-state index contributed by atoms with van der Waals surface area (Å²) in [6.45, 7) is 12.9. The largest absolute Gasteiger partial charge is 0.386 e. The number of alkyl halides is 6. The number of rotatable bonds is 8. The van der Waals surface area contributed by atoms with E-state index in [2.05, 4.69) is 62.9 Å². The first-order valence-corrected chi connectivity index (χ1v) is 15.7. The van der Waals surface area contributed by atoms with Gasteiger partial charge in [-0.2, -0.15) is 18.0 Å². The molecule has 1 aromatic carbocycles. The van der Waals surface area contributed by atoms with Crippen LogP contribution in [-0.2, 0) is 31.5 Å². The Morgan fingerprint density at radius 3 is 2.45 bits per heavy atom. The molecular formula is C35H47F6N7O. The third kappa shape index (κ3) is 13.3. The first-order chi connectivity index (χ1) is 23.2. The second-order valence-corrected chi connectivity index (χ2v) is 11.6. The summed E-state index contributed by atoms with van der Waals surface area (Å²) in [4.78, 5) is 10.5. The van der Waals surface area contributed by atoms with Crippen molar-refractivity contribution in [2.24, 2.45) is 7.05 Å². The summed E-state index contributed by atoms with van der Waals surface area (Å²) in [5.74, 6) is 0.656. The van der Waals surface area contributed by atoms with E-state index in [-0.39, 0.29) is 19.4 Å². The number of aryl methyl sites for hydroxylation is 1. The maximum atomic E-state index is 11.7. The second-order valence-electron chi connectivity index (χ2n) is 11.6. The van der Waals surface area contributed by atoms with Crippen molar-refractivity contribution in [3.63, 3.8) is 0 Å². The Bertz CT molecular complexity index is 1520. The van der Waals surface area contributed by atoms with Crippen LogP contribution in [0.2, 0.25) is 0 Å². The van der Waals surface area contributed by atoms with Gasteiger partial charge in [-0.3, -0.25) is 9.37 Å². The van der Waals surface area contributed by atoms with Crippen LogP contribution in [0.1, 0.15) is 73.9 Å². The summed E-state index contributed by atoms with van der Waals surface area (Å²) < 4.78 is 69.8. The highest BCUT2D eigenvalue weighted by atomic mass is 19.4. The van der Waals surface area contributed by atoms with Gasteiger partial charge in [-0.1, -0.05) is 47.1 Å². The minimum absolute atomic E-state index is 0.174. The van der Waals surface area contributed by atoms with Crippen LogP contribution in [0.15, 0.2) is 66.5 Å². The Kier molecular flexibility index (Phi) is 16.5. The average molecular weight is 696 g/mol. The zero-order valence-corrected chi connectivity index (χ0v) is 29.2. The van der Waals surface area contributed by atoms with Crippen LogP contribution in [0.25, 0.3) is 0 Å². The van der Waals surface area contributed by atoms with Crippen molar-refractivity contribution < 1.29 is 31.1 Å². The molecule has 0 N–H and O–H groups in total. The number of anilines is 2. The number of nitrogens with zero attached hydrogens (tertiary/aromatic N) is 7.